The number of hydrogen-bond donors (Lipinski definition) is 2. The molecule has 0 atom stereocenters. The van der Waals surface area contributed by atoms with Crippen molar-refractivity contribution in [3.63, 3.8) is 0 Å². The predicted molar refractivity (Wildman–Crippen MR) is 61.6 cm³/mol. The highest BCUT2D eigenvalue weighted by Crippen LogP contribution is 2.24. The zero-order chi connectivity index (χ0) is 11.7. The Labute approximate surface area is 93.3 Å². The van der Waals surface area contributed by atoms with Crippen LogP contribution < -0.4 is 5.73 Å². The van der Waals surface area contributed by atoms with E-state index in [1.165, 1.54) is 0 Å². The Hall–Kier alpha value is -1.81. The number of nitrogens with zero attached hydrogens (tertiary/aromatic N) is 1. The number of rotatable bonds is 3. The van der Waals surface area contributed by atoms with E-state index < -0.39 is 5.97 Å². The lowest BCUT2D eigenvalue weighted by atomic mass is 10.1. The molecule has 2 heterocycles. The molecule has 0 unspecified atom stereocenters. The van der Waals surface area contributed by atoms with Crippen LogP contribution in [0.15, 0.2) is 24.4 Å². The maximum absolute atomic E-state index is 11.3. The van der Waals surface area contributed by atoms with Crippen molar-refractivity contribution in [2.75, 3.05) is 0 Å². The van der Waals surface area contributed by atoms with Crippen molar-refractivity contribution < 1.29 is 9.90 Å². The summed E-state index contributed by atoms with van der Waals surface area (Å²) in [7, 11) is 0. The van der Waals surface area contributed by atoms with E-state index in [9.17, 15) is 9.90 Å². The maximum Gasteiger partial charge on any atom is 0.338 e. The molecule has 2 aromatic rings. The van der Waals surface area contributed by atoms with Gasteiger partial charge >= 0.3 is 5.97 Å². The summed E-state index contributed by atoms with van der Waals surface area (Å²) in [6, 6.07) is 5.51. The molecule has 0 aliphatic carbocycles. The first-order valence-electron chi connectivity index (χ1n) is 5.24. The highest BCUT2D eigenvalue weighted by Gasteiger charge is 2.20. The minimum Gasteiger partial charge on any atom is -0.478 e. The number of carboxylic acid groups (broad SMARTS) is 1. The molecule has 0 aliphatic heterocycles. The number of hydrogen-bond acceptors (Lipinski definition) is 2. The Bertz CT molecular complexity index is 543. The van der Waals surface area contributed by atoms with E-state index in [0.29, 0.717) is 24.0 Å². The molecular weight excluding hydrogens is 204 g/mol. The van der Waals surface area contributed by atoms with Crippen molar-refractivity contribution in [3.05, 3.63) is 41.2 Å². The van der Waals surface area contributed by atoms with Gasteiger partial charge in [-0.15, -0.1) is 0 Å². The average Bonchev–Trinajstić information content (AvgIpc) is 2.62. The van der Waals surface area contributed by atoms with Gasteiger partial charge < -0.3 is 15.2 Å². The van der Waals surface area contributed by atoms with Gasteiger partial charge in [-0.1, -0.05) is 13.0 Å². The summed E-state index contributed by atoms with van der Waals surface area (Å²) in [5, 5.41) is 9.25. The van der Waals surface area contributed by atoms with Crippen molar-refractivity contribution in [1.82, 2.24) is 4.40 Å². The fourth-order valence-electron chi connectivity index (χ4n) is 2.17. The molecule has 0 fully saturated rings. The Balaban J connectivity index is 2.90. The number of nitrogens with two attached hydrogens (primary N) is 1. The summed E-state index contributed by atoms with van der Waals surface area (Å²) in [6.07, 6.45) is 2.53. The first kappa shape index (κ1) is 10.7. The van der Waals surface area contributed by atoms with E-state index >= 15 is 0 Å². The molecule has 4 heteroatoms. The van der Waals surface area contributed by atoms with Gasteiger partial charge in [0.05, 0.1) is 11.1 Å². The number of carboxylic acids is 1. The van der Waals surface area contributed by atoms with Crippen molar-refractivity contribution in [3.8, 4) is 0 Å². The van der Waals surface area contributed by atoms with Gasteiger partial charge in [0.1, 0.15) is 0 Å². The molecule has 0 saturated carbocycles. The van der Waals surface area contributed by atoms with Crippen LogP contribution in [0.2, 0.25) is 0 Å². The zero-order valence-corrected chi connectivity index (χ0v) is 9.10. The monoisotopic (exact) mass is 218 g/mol. The molecular formula is C12H14N2O2. The van der Waals surface area contributed by atoms with Crippen molar-refractivity contribution in [1.29, 1.82) is 0 Å². The lowest BCUT2D eigenvalue weighted by molar-refractivity contribution is 0.0698. The molecule has 4 nitrogen and oxygen atoms in total. The van der Waals surface area contributed by atoms with Crippen LogP contribution in [0.25, 0.3) is 5.52 Å². The molecule has 0 spiro atoms. The van der Waals surface area contributed by atoms with Crippen LogP contribution >= 0.6 is 0 Å². The van der Waals surface area contributed by atoms with Gasteiger partial charge in [-0.3, -0.25) is 0 Å². The largest absolute Gasteiger partial charge is 0.478 e. The Kier molecular flexibility index (Phi) is 2.66. The number of carbonyl (C=O) groups is 1. The summed E-state index contributed by atoms with van der Waals surface area (Å²) in [6.45, 7) is 2.29. The number of pyridine rings is 1. The molecule has 2 rings (SSSR count). The second-order valence-corrected chi connectivity index (χ2v) is 3.62. The molecule has 0 amide bonds. The summed E-state index contributed by atoms with van der Waals surface area (Å²) < 4.78 is 1.86. The first-order valence-corrected chi connectivity index (χ1v) is 5.24. The molecule has 3 N–H and O–H groups in total. The van der Waals surface area contributed by atoms with E-state index in [1.54, 1.807) is 0 Å². The van der Waals surface area contributed by atoms with Crippen molar-refractivity contribution in [2.24, 2.45) is 5.73 Å². The second-order valence-electron chi connectivity index (χ2n) is 3.62. The highest BCUT2D eigenvalue weighted by atomic mass is 16.4. The lowest BCUT2D eigenvalue weighted by Crippen LogP contribution is -2.04. The number of aromatic nitrogens is 1. The SMILES string of the molecule is CCc1c(C(=O)O)c2ccccn2c1CN. The van der Waals surface area contributed by atoms with Crippen LogP contribution in [-0.4, -0.2) is 15.5 Å². The van der Waals surface area contributed by atoms with Crippen LogP contribution in [0.1, 0.15) is 28.5 Å². The van der Waals surface area contributed by atoms with Crippen molar-refractivity contribution >= 4 is 11.5 Å². The third-order valence-electron chi connectivity index (χ3n) is 2.82. The average molecular weight is 218 g/mol. The Morgan fingerprint density at radius 1 is 1.50 bits per heavy atom. The zero-order valence-electron chi connectivity index (χ0n) is 9.10. The van der Waals surface area contributed by atoms with E-state index in [4.69, 9.17) is 5.73 Å². The number of aromatic carboxylic acids is 1. The van der Waals surface area contributed by atoms with Gasteiger partial charge in [-0.05, 0) is 24.1 Å². The van der Waals surface area contributed by atoms with Crippen LogP contribution in [0, 0.1) is 0 Å². The molecule has 0 bridgehead atoms. The normalized spacial score (nSPS) is 10.9. The third kappa shape index (κ3) is 1.39. The standard InChI is InChI=1S/C12H14N2O2/c1-2-8-10(7-13)14-6-4-3-5-9(14)11(8)12(15)16/h3-6H,2,7,13H2,1H3,(H,15,16). The van der Waals surface area contributed by atoms with E-state index in [0.717, 1.165) is 11.3 Å². The maximum atomic E-state index is 11.3. The van der Waals surface area contributed by atoms with Gasteiger partial charge in [-0.25, -0.2) is 4.79 Å². The third-order valence-corrected chi connectivity index (χ3v) is 2.82. The minimum absolute atomic E-state index is 0.349. The molecule has 2 aromatic heterocycles. The van der Waals surface area contributed by atoms with E-state index in [1.807, 2.05) is 35.7 Å². The van der Waals surface area contributed by atoms with Gasteiger partial charge in [-0.2, -0.15) is 0 Å². The van der Waals surface area contributed by atoms with Crippen LogP contribution in [0.5, 0.6) is 0 Å². The predicted octanol–water partition coefficient (Wildman–Crippen LogP) is 1.66. The molecule has 0 radical (unpaired) electrons. The van der Waals surface area contributed by atoms with Gasteiger partial charge in [0.2, 0.25) is 0 Å². The van der Waals surface area contributed by atoms with Crippen LogP contribution in [-0.2, 0) is 13.0 Å². The van der Waals surface area contributed by atoms with E-state index in [-0.39, 0.29) is 0 Å². The minimum atomic E-state index is -0.889. The quantitative estimate of drug-likeness (QED) is 0.823. The fraction of sp³-hybridized carbons (Fsp3) is 0.250. The molecule has 0 aromatic carbocycles. The van der Waals surface area contributed by atoms with Crippen LogP contribution in [0.3, 0.4) is 0 Å². The van der Waals surface area contributed by atoms with Gasteiger partial charge in [0.25, 0.3) is 0 Å². The van der Waals surface area contributed by atoms with Gasteiger partial charge in [0.15, 0.2) is 0 Å². The molecule has 16 heavy (non-hydrogen) atoms. The lowest BCUT2D eigenvalue weighted by Gasteiger charge is -2.00. The fourth-order valence-corrected chi connectivity index (χ4v) is 2.17. The Morgan fingerprint density at radius 3 is 2.81 bits per heavy atom. The summed E-state index contributed by atoms with van der Waals surface area (Å²) >= 11 is 0. The number of fused-ring (bicyclic) bond motifs is 1. The highest BCUT2D eigenvalue weighted by molar-refractivity contribution is 5.98. The smallest absolute Gasteiger partial charge is 0.338 e. The van der Waals surface area contributed by atoms with Crippen LogP contribution in [0.4, 0.5) is 0 Å². The summed E-state index contributed by atoms with van der Waals surface area (Å²) in [4.78, 5) is 11.3. The Morgan fingerprint density at radius 2 is 2.25 bits per heavy atom. The molecule has 0 aliphatic rings. The van der Waals surface area contributed by atoms with E-state index in [2.05, 4.69) is 0 Å². The second kappa shape index (κ2) is 3.98. The first-order chi connectivity index (χ1) is 7.70. The topological polar surface area (TPSA) is 67.7 Å². The van der Waals surface area contributed by atoms with Crippen molar-refractivity contribution in [2.45, 2.75) is 19.9 Å². The van der Waals surface area contributed by atoms with Gasteiger partial charge in [0, 0.05) is 18.4 Å². The summed E-state index contributed by atoms with van der Waals surface area (Å²) in [5.41, 5.74) is 8.50. The molecule has 0 saturated heterocycles. The summed E-state index contributed by atoms with van der Waals surface area (Å²) in [5.74, 6) is -0.889. The molecule has 84 valence electrons.